The van der Waals surface area contributed by atoms with Gasteiger partial charge in [-0.25, -0.2) is 0 Å². The minimum atomic E-state index is 0.900. The van der Waals surface area contributed by atoms with Crippen LogP contribution in [0.1, 0.15) is 0 Å². The van der Waals surface area contributed by atoms with E-state index in [0.717, 1.165) is 44.4 Å². The van der Waals surface area contributed by atoms with Gasteiger partial charge in [0.05, 0.1) is 0 Å². The summed E-state index contributed by atoms with van der Waals surface area (Å²) in [5, 5.41) is 8.33. The first-order valence-corrected chi connectivity index (χ1v) is 12.2. The van der Waals surface area contributed by atoms with Crippen molar-refractivity contribution in [3.63, 3.8) is 0 Å². The zero-order chi connectivity index (χ0) is 23.9. The quantitative estimate of drug-likeness (QED) is 0.282. The van der Waals surface area contributed by atoms with Crippen LogP contribution in [0.4, 0.5) is 11.4 Å². The van der Waals surface area contributed by atoms with Crippen LogP contribution in [0.5, 0.6) is 0 Å². The van der Waals surface area contributed by atoms with Gasteiger partial charge < -0.3 is 9.73 Å². The Morgan fingerprint density at radius 1 is 0.444 bits per heavy atom. The molecule has 0 amide bonds. The predicted molar refractivity (Wildman–Crippen MR) is 152 cm³/mol. The van der Waals surface area contributed by atoms with Crippen molar-refractivity contribution in [1.29, 1.82) is 0 Å². The highest BCUT2D eigenvalue weighted by molar-refractivity contribution is 6.11. The van der Waals surface area contributed by atoms with Gasteiger partial charge in [-0.1, -0.05) is 103 Å². The molecule has 1 aromatic heterocycles. The molecule has 0 bridgehead atoms. The summed E-state index contributed by atoms with van der Waals surface area (Å²) >= 11 is 0. The lowest BCUT2D eigenvalue weighted by Crippen LogP contribution is -1.92. The Bertz CT molecular complexity index is 1850. The third kappa shape index (κ3) is 3.60. The highest BCUT2D eigenvalue weighted by atomic mass is 16.3. The molecule has 7 rings (SSSR count). The molecule has 6 aromatic carbocycles. The Morgan fingerprint density at radius 2 is 1.14 bits per heavy atom. The van der Waals surface area contributed by atoms with Crippen LogP contribution in [0.3, 0.4) is 0 Å². The van der Waals surface area contributed by atoms with Crippen LogP contribution < -0.4 is 5.32 Å². The minimum absolute atomic E-state index is 0.900. The molecule has 0 aliphatic carbocycles. The molecular weight excluding hydrogens is 438 g/mol. The summed E-state index contributed by atoms with van der Waals surface area (Å²) < 4.78 is 6.39. The van der Waals surface area contributed by atoms with Gasteiger partial charge in [0, 0.05) is 27.7 Å². The van der Waals surface area contributed by atoms with E-state index < -0.39 is 0 Å². The zero-order valence-corrected chi connectivity index (χ0v) is 19.6. The van der Waals surface area contributed by atoms with Gasteiger partial charge in [0.25, 0.3) is 0 Å². The Balaban J connectivity index is 1.37. The van der Waals surface area contributed by atoms with Crippen molar-refractivity contribution in [3.8, 4) is 22.3 Å². The number of benzene rings is 6. The number of rotatable bonds is 4. The lowest BCUT2D eigenvalue weighted by Gasteiger charge is -2.12. The maximum Gasteiger partial charge on any atom is 0.143 e. The van der Waals surface area contributed by atoms with Crippen LogP contribution >= 0.6 is 0 Å². The minimum Gasteiger partial charge on any atom is -0.455 e. The van der Waals surface area contributed by atoms with E-state index >= 15 is 0 Å². The molecule has 0 fully saturated rings. The number of nitrogens with one attached hydrogen (secondary N) is 1. The molecule has 2 nitrogen and oxygen atoms in total. The highest BCUT2D eigenvalue weighted by Crippen LogP contribution is 2.39. The summed E-state index contributed by atoms with van der Waals surface area (Å²) in [6.45, 7) is 0. The summed E-state index contributed by atoms with van der Waals surface area (Å²) in [6.07, 6.45) is 0. The maximum atomic E-state index is 6.39. The summed E-state index contributed by atoms with van der Waals surface area (Å²) in [5.41, 5.74) is 8.52. The number of hydrogen-bond donors (Lipinski definition) is 1. The molecule has 0 radical (unpaired) electrons. The molecule has 0 saturated heterocycles. The number of fused-ring (bicyclic) bond motifs is 4. The van der Waals surface area contributed by atoms with Crippen molar-refractivity contribution in [3.05, 3.63) is 133 Å². The van der Waals surface area contributed by atoms with E-state index in [0.29, 0.717) is 0 Å². The molecule has 1 heterocycles. The molecule has 36 heavy (non-hydrogen) atoms. The molecule has 0 saturated carbocycles. The van der Waals surface area contributed by atoms with Crippen molar-refractivity contribution in [2.45, 2.75) is 0 Å². The molecule has 7 aromatic rings. The average Bonchev–Trinajstić information content (AvgIpc) is 3.32. The molecule has 1 N–H and O–H groups in total. The van der Waals surface area contributed by atoms with E-state index in [1.807, 2.05) is 18.2 Å². The number of anilines is 2. The smallest absolute Gasteiger partial charge is 0.143 e. The van der Waals surface area contributed by atoms with Crippen LogP contribution in [-0.4, -0.2) is 0 Å². The first-order valence-electron chi connectivity index (χ1n) is 12.2. The topological polar surface area (TPSA) is 25.2 Å². The fourth-order valence-corrected chi connectivity index (χ4v) is 5.02. The lowest BCUT2D eigenvalue weighted by atomic mass is 9.98. The summed E-state index contributed by atoms with van der Waals surface area (Å²) in [7, 11) is 0. The molecule has 170 valence electrons. The molecular formula is C34H23NO. The molecule has 0 aliphatic rings. The Labute approximate surface area is 209 Å². The number of hydrogen-bond acceptors (Lipinski definition) is 2. The fourth-order valence-electron chi connectivity index (χ4n) is 5.02. The Hall–Kier alpha value is -4.82. The maximum absolute atomic E-state index is 6.39. The van der Waals surface area contributed by atoms with E-state index in [2.05, 4.69) is 121 Å². The van der Waals surface area contributed by atoms with Gasteiger partial charge in [0.15, 0.2) is 0 Å². The monoisotopic (exact) mass is 461 g/mol. The first-order chi connectivity index (χ1) is 17.8. The van der Waals surface area contributed by atoms with Crippen molar-refractivity contribution in [2.24, 2.45) is 0 Å². The lowest BCUT2D eigenvalue weighted by molar-refractivity contribution is 0.670. The van der Waals surface area contributed by atoms with Gasteiger partial charge in [-0.3, -0.25) is 0 Å². The van der Waals surface area contributed by atoms with Gasteiger partial charge in [-0.15, -0.1) is 0 Å². The SMILES string of the molecule is c1ccc(-c2ccc(-c3cc(Nc4ccc5ccccc5c4)cc4c3oc3ccccc34)cc2)cc1. The van der Waals surface area contributed by atoms with Gasteiger partial charge >= 0.3 is 0 Å². The summed E-state index contributed by atoms with van der Waals surface area (Å²) in [5.74, 6) is 0. The van der Waals surface area contributed by atoms with Crippen LogP contribution in [0, 0.1) is 0 Å². The zero-order valence-electron chi connectivity index (χ0n) is 19.6. The Morgan fingerprint density at radius 3 is 2.00 bits per heavy atom. The second kappa shape index (κ2) is 8.44. The largest absolute Gasteiger partial charge is 0.455 e. The van der Waals surface area contributed by atoms with Crippen molar-refractivity contribution >= 4 is 44.1 Å². The predicted octanol–water partition coefficient (Wildman–Crippen LogP) is 9.82. The molecule has 0 aliphatic heterocycles. The third-order valence-corrected chi connectivity index (χ3v) is 6.82. The standard InChI is InChI=1S/C34H23NO/c1-2-8-23(9-3-1)25-14-16-26(17-15-25)31-21-29(22-32-30-12-6-7-13-33(30)36-34(31)32)35-28-19-18-24-10-4-5-11-27(24)20-28/h1-22,35H. The number of para-hydroxylation sites is 1. The van der Waals surface area contributed by atoms with Gasteiger partial charge in [0.2, 0.25) is 0 Å². The molecule has 0 unspecified atom stereocenters. The van der Waals surface area contributed by atoms with Gasteiger partial charge in [0.1, 0.15) is 11.2 Å². The van der Waals surface area contributed by atoms with Crippen molar-refractivity contribution < 1.29 is 4.42 Å². The van der Waals surface area contributed by atoms with Crippen molar-refractivity contribution in [1.82, 2.24) is 0 Å². The average molecular weight is 462 g/mol. The van der Waals surface area contributed by atoms with Gasteiger partial charge in [-0.2, -0.15) is 0 Å². The number of furan rings is 1. The third-order valence-electron chi connectivity index (χ3n) is 6.82. The second-order valence-electron chi connectivity index (χ2n) is 9.13. The summed E-state index contributed by atoms with van der Waals surface area (Å²) in [6, 6.07) is 46.8. The van der Waals surface area contributed by atoms with E-state index in [-0.39, 0.29) is 0 Å². The van der Waals surface area contributed by atoms with Crippen LogP contribution in [-0.2, 0) is 0 Å². The molecule has 0 spiro atoms. The summed E-state index contributed by atoms with van der Waals surface area (Å²) in [4.78, 5) is 0. The van der Waals surface area contributed by atoms with E-state index in [1.165, 1.54) is 21.9 Å². The van der Waals surface area contributed by atoms with Crippen molar-refractivity contribution in [2.75, 3.05) is 5.32 Å². The Kier molecular flexibility index (Phi) is 4.82. The van der Waals surface area contributed by atoms with E-state index in [4.69, 9.17) is 4.42 Å². The van der Waals surface area contributed by atoms with Gasteiger partial charge in [-0.05, 0) is 57.8 Å². The highest BCUT2D eigenvalue weighted by Gasteiger charge is 2.15. The fraction of sp³-hybridized carbons (Fsp3) is 0. The van der Waals surface area contributed by atoms with Crippen LogP contribution in [0.15, 0.2) is 138 Å². The second-order valence-corrected chi connectivity index (χ2v) is 9.13. The van der Waals surface area contributed by atoms with Crippen LogP contribution in [0.2, 0.25) is 0 Å². The van der Waals surface area contributed by atoms with Crippen LogP contribution in [0.25, 0.3) is 55.0 Å². The first kappa shape index (κ1) is 20.5. The van der Waals surface area contributed by atoms with E-state index in [1.54, 1.807) is 0 Å². The van der Waals surface area contributed by atoms with E-state index in [9.17, 15) is 0 Å². The molecule has 2 heteroatoms. The normalized spacial score (nSPS) is 11.3. The molecule has 0 atom stereocenters.